The summed E-state index contributed by atoms with van der Waals surface area (Å²) in [5, 5.41) is 5.95. The minimum Gasteiger partial charge on any atom is -0.494 e. The lowest BCUT2D eigenvalue weighted by Crippen LogP contribution is -2.49. The zero-order valence-corrected chi connectivity index (χ0v) is 27.3. The number of fused-ring (bicyclic) bond motifs is 8. The fraction of sp³-hybridized carbons (Fsp3) is 0.378. The van der Waals surface area contributed by atoms with Crippen molar-refractivity contribution in [3.05, 3.63) is 65.2 Å². The van der Waals surface area contributed by atoms with Crippen LogP contribution < -0.4 is 21.1 Å². The highest BCUT2D eigenvalue weighted by atomic mass is 16.5. The van der Waals surface area contributed by atoms with E-state index in [1.54, 1.807) is 7.11 Å². The first-order chi connectivity index (χ1) is 23.8. The van der Waals surface area contributed by atoms with Gasteiger partial charge in [-0.3, -0.25) is 14.9 Å². The number of benzene rings is 2. The van der Waals surface area contributed by atoms with E-state index in [0.717, 1.165) is 82.0 Å². The molecule has 2 aliphatic carbocycles. The van der Waals surface area contributed by atoms with E-state index in [2.05, 4.69) is 36.8 Å². The van der Waals surface area contributed by atoms with Crippen LogP contribution in [0.2, 0.25) is 0 Å². The molecular formula is C37H36N8O4. The lowest BCUT2D eigenvalue weighted by Gasteiger charge is -2.39. The molecule has 12 nitrogen and oxygen atoms in total. The van der Waals surface area contributed by atoms with Crippen LogP contribution in [0.5, 0.6) is 5.75 Å². The summed E-state index contributed by atoms with van der Waals surface area (Å²) in [7, 11) is 3.71. The Morgan fingerprint density at radius 1 is 0.980 bits per heavy atom. The van der Waals surface area contributed by atoms with Gasteiger partial charge in [-0.1, -0.05) is 24.3 Å². The summed E-state index contributed by atoms with van der Waals surface area (Å²) in [4.78, 5) is 50.2. The van der Waals surface area contributed by atoms with Crippen molar-refractivity contribution < 1.29 is 19.1 Å². The number of amides is 4. The van der Waals surface area contributed by atoms with E-state index in [4.69, 9.17) is 20.4 Å². The molecule has 2 saturated carbocycles. The minimum absolute atomic E-state index is 0.0414. The Balaban J connectivity index is 1.07. The van der Waals surface area contributed by atoms with Crippen LogP contribution in [0, 0.1) is 11.8 Å². The van der Waals surface area contributed by atoms with Crippen LogP contribution in [-0.4, -0.2) is 67.1 Å². The first-order valence-electron chi connectivity index (χ1n) is 17.2. The molecule has 4 amide bonds. The second kappa shape index (κ2) is 10.1. The Morgan fingerprint density at radius 3 is 2.53 bits per heavy atom. The Labute approximate surface area is 281 Å². The molecule has 5 aromatic rings. The molecule has 49 heavy (non-hydrogen) atoms. The molecular weight excluding hydrogens is 620 g/mol. The third-order valence-electron chi connectivity index (χ3n) is 11.7. The number of nitrogens with one attached hydrogen (secondary N) is 2. The molecule has 0 radical (unpaired) electrons. The summed E-state index contributed by atoms with van der Waals surface area (Å²) in [6, 6.07) is 14.9. The van der Waals surface area contributed by atoms with E-state index < -0.39 is 12.1 Å². The first-order valence-corrected chi connectivity index (χ1v) is 17.2. The number of hydrogen-bond donors (Lipinski definition) is 3. The van der Waals surface area contributed by atoms with Gasteiger partial charge in [0.1, 0.15) is 23.0 Å². The Bertz CT molecular complexity index is 2270. The van der Waals surface area contributed by atoms with E-state index in [-0.39, 0.29) is 29.9 Å². The molecule has 2 saturated heterocycles. The molecule has 248 valence electrons. The van der Waals surface area contributed by atoms with Crippen LogP contribution >= 0.6 is 0 Å². The van der Waals surface area contributed by atoms with Crippen LogP contribution in [0.4, 0.5) is 4.79 Å². The van der Waals surface area contributed by atoms with E-state index in [9.17, 15) is 14.4 Å². The molecule has 5 unspecified atom stereocenters. The zero-order chi connectivity index (χ0) is 33.3. The van der Waals surface area contributed by atoms with Crippen molar-refractivity contribution in [1.82, 2.24) is 34.6 Å². The number of nitrogens with zero attached hydrogens (tertiary/aromatic N) is 5. The van der Waals surface area contributed by atoms with Gasteiger partial charge in [0.05, 0.1) is 24.0 Å². The molecule has 10 rings (SSSR count). The number of carbonyl (C=O) groups excluding carboxylic acids is 3. The smallest absolute Gasteiger partial charge is 0.322 e. The average molecular weight is 657 g/mol. The normalized spacial score (nSPS) is 25.7. The number of rotatable bonds is 6. The van der Waals surface area contributed by atoms with Crippen LogP contribution in [0.1, 0.15) is 53.2 Å². The number of aryl methyl sites for hydroxylation is 1. The highest BCUT2D eigenvalue weighted by molar-refractivity contribution is 6.05. The van der Waals surface area contributed by atoms with E-state index in [1.165, 1.54) is 12.8 Å². The molecule has 5 aliphatic rings. The molecule has 6 heterocycles. The summed E-state index contributed by atoms with van der Waals surface area (Å²) in [5.74, 6) is 2.12. The third-order valence-corrected chi connectivity index (χ3v) is 11.7. The van der Waals surface area contributed by atoms with Crippen molar-refractivity contribution in [2.75, 3.05) is 7.11 Å². The van der Waals surface area contributed by atoms with Crippen LogP contribution in [-0.2, 0) is 24.8 Å². The largest absolute Gasteiger partial charge is 0.494 e. The maximum Gasteiger partial charge on any atom is 0.322 e. The summed E-state index contributed by atoms with van der Waals surface area (Å²) in [6.07, 6.45) is 5.15. The van der Waals surface area contributed by atoms with Gasteiger partial charge in [-0.25, -0.2) is 14.8 Å². The fourth-order valence-electron chi connectivity index (χ4n) is 9.09. The summed E-state index contributed by atoms with van der Waals surface area (Å²) in [6.45, 7) is 0.833. The Morgan fingerprint density at radius 2 is 1.80 bits per heavy atom. The number of imide groups is 1. The van der Waals surface area contributed by atoms with E-state index >= 15 is 0 Å². The summed E-state index contributed by atoms with van der Waals surface area (Å²) in [5.41, 5.74) is 14.1. The number of nitrogens with two attached hydrogens (primary N) is 1. The predicted molar refractivity (Wildman–Crippen MR) is 182 cm³/mol. The van der Waals surface area contributed by atoms with Crippen molar-refractivity contribution in [3.8, 4) is 28.5 Å². The molecule has 4 N–H and O–H groups in total. The van der Waals surface area contributed by atoms with Crippen molar-refractivity contribution >= 4 is 39.9 Å². The van der Waals surface area contributed by atoms with Gasteiger partial charge in [0, 0.05) is 53.8 Å². The molecule has 3 aromatic heterocycles. The van der Waals surface area contributed by atoms with Gasteiger partial charge in [-0.05, 0) is 73.8 Å². The van der Waals surface area contributed by atoms with Gasteiger partial charge in [0.25, 0.3) is 11.8 Å². The van der Waals surface area contributed by atoms with Crippen molar-refractivity contribution in [2.24, 2.45) is 24.6 Å². The highest BCUT2D eigenvalue weighted by Crippen LogP contribution is 2.49. The standard InChI is InChI=1S/C37H36N8O4/c1-43-31-25(14-23-22(32(31)49-2)15-27-21-10-12-26(29(21)38)45(27)36(23)47)40-34(43)28-13-20-9-11-24(39-33(20)44(28)16-17-3-4-17)18-5-7-19(8-6-18)30-35(46)42-37(48)41-30/h5-9,11,13-14,17,21,26-27,29-30H,3-4,10,12,15-16,38H2,1-2H3,(H2,41,42,46,48). The van der Waals surface area contributed by atoms with E-state index in [0.29, 0.717) is 23.0 Å². The SMILES string of the molecule is COc1c2c(cc3nc(-c4cc5ccc(-c6ccc(C7NC(=O)NC7=O)cc6)nc5n4CC4CC4)n(C)c13)C(=O)N1C3CCC(C3N)C1C2. The number of pyridine rings is 1. The van der Waals surface area contributed by atoms with E-state index in [1.807, 2.05) is 43.4 Å². The molecule has 4 fully saturated rings. The van der Waals surface area contributed by atoms with Crippen molar-refractivity contribution in [3.63, 3.8) is 0 Å². The first kappa shape index (κ1) is 28.8. The van der Waals surface area contributed by atoms with Gasteiger partial charge in [0.15, 0.2) is 5.82 Å². The fourth-order valence-corrected chi connectivity index (χ4v) is 9.09. The molecule has 2 aromatic carbocycles. The lowest BCUT2D eigenvalue weighted by molar-refractivity contribution is -0.120. The molecule has 0 spiro atoms. The summed E-state index contributed by atoms with van der Waals surface area (Å²) >= 11 is 0. The number of carbonyl (C=O) groups is 3. The Hall–Kier alpha value is -5.23. The highest BCUT2D eigenvalue weighted by Gasteiger charge is 2.56. The van der Waals surface area contributed by atoms with Crippen molar-refractivity contribution in [2.45, 2.75) is 62.8 Å². The lowest BCUT2D eigenvalue weighted by atomic mass is 9.85. The second-order valence-corrected chi connectivity index (χ2v) is 14.4. The number of methoxy groups -OCH3 is 1. The van der Waals surface area contributed by atoms with Crippen LogP contribution in [0.15, 0.2) is 48.5 Å². The third kappa shape index (κ3) is 4.09. The second-order valence-electron chi connectivity index (χ2n) is 14.4. The van der Waals surface area contributed by atoms with Crippen molar-refractivity contribution in [1.29, 1.82) is 0 Å². The number of hydrogen-bond acceptors (Lipinski definition) is 7. The van der Waals surface area contributed by atoms with Gasteiger partial charge in [0.2, 0.25) is 0 Å². The zero-order valence-electron chi connectivity index (χ0n) is 27.3. The quantitative estimate of drug-likeness (QED) is 0.234. The maximum atomic E-state index is 14.0. The predicted octanol–water partition coefficient (Wildman–Crippen LogP) is 4.04. The monoisotopic (exact) mass is 656 g/mol. The van der Waals surface area contributed by atoms with Crippen LogP contribution in [0.25, 0.3) is 44.8 Å². The van der Waals surface area contributed by atoms with Gasteiger partial charge in [-0.15, -0.1) is 0 Å². The topological polar surface area (TPSA) is 149 Å². The number of piperidine rings is 1. The van der Waals surface area contributed by atoms with Gasteiger partial charge >= 0.3 is 6.03 Å². The van der Waals surface area contributed by atoms with Gasteiger partial charge < -0.3 is 29.8 Å². The molecule has 12 heteroatoms. The number of urea groups is 1. The Kier molecular flexibility index (Phi) is 5.95. The minimum atomic E-state index is -0.698. The number of aromatic nitrogens is 4. The summed E-state index contributed by atoms with van der Waals surface area (Å²) < 4.78 is 10.5. The maximum absolute atomic E-state index is 14.0. The molecule has 5 atom stereocenters. The van der Waals surface area contributed by atoms with Gasteiger partial charge in [-0.2, -0.15) is 0 Å². The molecule has 3 aliphatic heterocycles. The molecule has 2 bridgehead atoms. The number of imidazole rings is 1. The van der Waals surface area contributed by atoms with Crippen LogP contribution in [0.3, 0.4) is 0 Å². The average Bonchev–Trinajstić information content (AvgIpc) is 3.28. The number of ether oxygens (including phenoxy) is 1.